The third-order valence-electron chi connectivity index (χ3n) is 2.33. The van der Waals surface area contributed by atoms with E-state index in [1.807, 2.05) is 36.0 Å². The summed E-state index contributed by atoms with van der Waals surface area (Å²) in [5.74, 6) is 0.0202. The summed E-state index contributed by atoms with van der Waals surface area (Å²) in [6, 6.07) is 7.62. The Hall–Kier alpha value is -0.230. The smallest absolute Gasteiger partial charge is 0.251 e. The Kier molecular flexibility index (Phi) is 6.20. The molecule has 1 amide bonds. The van der Waals surface area contributed by atoms with Gasteiger partial charge in [-0.05, 0) is 53.5 Å². The molecule has 0 bridgehead atoms. The van der Waals surface area contributed by atoms with E-state index in [1.54, 1.807) is 0 Å². The first-order valence-electron chi connectivity index (χ1n) is 5.20. The van der Waals surface area contributed by atoms with Gasteiger partial charge in [0, 0.05) is 20.9 Å². The lowest BCUT2D eigenvalue weighted by molar-refractivity contribution is 0.0953. The number of amides is 1. The number of halogens is 1. The molecule has 0 aromatic heterocycles. The predicted octanol–water partition coefficient (Wildman–Crippen LogP) is 3.16. The lowest BCUT2D eigenvalue weighted by Crippen LogP contribution is -2.26. The maximum atomic E-state index is 11.7. The summed E-state index contributed by atoms with van der Waals surface area (Å²) in [7, 11) is 0. The van der Waals surface area contributed by atoms with E-state index in [-0.39, 0.29) is 5.91 Å². The third kappa shape index (κ3) is 4.74. The summed E-state index contributed by atoms with van der Waals surface area (Å²) in [5, 5.41) is 3.53. The van der Waals surface area contributed by atoms with Crippen molar-refractivity contribution in [3.8, 4) is 0 Å². The number of hydrogen-bond acceptors (Lipinski definition) is 2. The Bertz CT molecular complexity index is 357. The molecule has 0 saturated heterocycles. The van der Waals surface area contributed by atoms with Gasteiger partial charge in [0.15, 0.2) is 0 Å². The van der Waals surface area contributed by atoms with Gasteiger partial charge < -0.3 is 5.32 Å². The van der Waals surface area contributed by atoms with E-state index >= 15 is 0 Å². The number of carbonyl (C=O) groups is 1. The highest BCUT2D eigenvalue weighted by molar-refractivity contribution is 14.1. The van der Waals surface area contributed by atoms with Crippen LogP contribution in [0.15, 0.2) is 24.3 Å². The van der Waals surface area contributed by atoms with Crippen molar-refractivity contribution in [3.63, 3.8) is 0 Å². The lowest BCUT2D eigenvalue weighted by atomic mass is 10.2. The van der Waals surface area contributed by atoms with E-state index in [0.717, 1.165) is 22.1 Å². The van der Waals surface area contributed by atoms with Crippen molar-refractivity contribution in [1.82, 2.24) is 5.32 Å². The molecule has 4 heteroatoms. The largest absolute Gasteiger partial charge is 0.352 e. The molecule has 1 aromatic carbocycles. The molecule has 0 aliphatic heterocycles. The van der Waals surface area contributed by atoms with Gasteiger partial charge in [0.1, 0.15) is 0 Å². The van der Waals surface area contributed by atoms with E-state index < -0.39 is 0 Å². The van der Waals surface area contributed by atoms with Crippen molar-refractivity contribution < 1.29 is 4.79 Å². The van der Waals surface area contributed by atoms with E-state index in [1.165, 1.54) is 0 Å². The third-order valence-corrected chi connectivity index (χ3v) is 4.04. The van der Waals surface area contributed by atoms with Crippen molar-refractivity contribution in [2.75, 3.05) is 12.8 Å². The van der Waals surface area contributed by atoms with E-state index in [0.29, 0.717) is 5.25 Å². The topological polar surface area (TPSA) is 29.1 Å². The summed E-state index contributed by atoms with van der Waals surface area (Å²) < 4.78 is 1.09. The SMILES string of the molecule is CSC(C)CCNC(=O)c1cccc(I)c1. The summed E-state index contributed by atoms with van der Waals surface area (Å²) in [4.78, 5) is 11.7. The number of rotatable bonds is 5. The molecule has 1 N–H and O–H groups in total. The number of benzene rings is 1. The Balaban J connectivity index is 2.41. The zero-order valence-electron chi connectivity index (χ0n) is 9.50. The maximum absolute atomic E-state index is 11.7. The molecule has 1 atom stereocenters. The van der Waals surface area contributed by atoms with Crippen LogP contribution in [0.25, 0.3) is 0 Å². The van der Waals surface area contributed by atoms with E-state index in [9.17, 15) is 4.79 Å². The van der Waals surface area contributed by atoms with Crippen LogP contribution < -0.4 is 5.32 Å². The van der Waals surface area contributed by atoms with Crippen LogP contribution in [0.5, 0.6) is 0 Å². The minimum atomic E-state index is 0.0202. The minimum absolute atomic E-state index is 0.0202. The van der Waals surface area contributed by atoms with Crippen molar-refractivity contribution in [3.05, 3.63) is 33.4 Å². The molecular weight excluding hydrogens is 333 g/mol. The first-order valence-corrected chi connectivity index (χ1v) is 7.56. The highest BCUT2D eigenvalue weighted by Gasteiger charge is 2.05. The molecular formula is C12H16INOS. The lowest BCUT2D eigenvalue weighted by Gasteiger charge is -2.09. The van der Waals surface area contributed by atoms with Crippen LogP contribution in [0.1, 0.15) is 23.7 Å². The van der Waals surface area contributed by atoms with Crippen molar-refractivity contribution in [2.24, 2.45) is 0 Å². The van der Waals surface area contributed by atoms with Gasteiger partial charge >= 0.3 is 0 Å². The highest BCUT2D eigenvalue weighted by Crippen LogP contribution is 2.09. The second-order valence-electron chi connectivity index (χ2n) is 3.60. The quantitative estimate of drug-likeness (QED) is 0.828. The average molecular weight is 349 g/mol. The molecule has 0 aliphatic rings. The van der Waals surface area contributed by atoms with Gasteiger partial charge in [-0.15, -0.1) is 0 Å². The molecule has 0 fully saturated rings. The number of hydrogen-bond donors (Lipinski definition) is 1. The van der Waals surface area contributed by atoms with E-state index in [2.05, 4.69) is 41.1 Å². The Morgan fingerprint density at radius 2 is 2.31 bits per heavy atom. The molecule has 1 aromatic rings. The maximum Gasteiger partial charge on any atom is 0.251 e. The van der Waals surface area contributed by atoms with Crippen LogP contribution in [0, 0.1) is 3.57 Å². The standard InChI is InChI=1S/C12H16INOS/c1-9(16-2)6-7-14-12(15)10-4-3-5-11(13)8-10/h3-5,8-9H,6-7H2,1-2H3,(H,14,15). The summed E-state index contributed by atoms with van der Waals surface area (Å²) in [6.45, 7) is 2.91. The monoisotopic (exact) mass is 349 g/mol. The van der Waals surface area contributed by atoms with Gasteiger partial charge in [0.25, 0.3) is 5.91 Å². The van der Waals surface area contributed by atoms with Crippen molar-refractivity contribution in [1.29, 1.82) is 0 Å². The Morgan fingerprint density at radius 3 is 2.94 bits per heavy atom. The molecule has 0 saturated carbocycles. The molecule has 0 spiro atoms. The molecule has 2 nitrogen and oxygen atoms in total. The first-order chi connectivity index (χ1) is 7.63. The minimum Gasteiger partial charge on any atom is -0.352 e. The molecule has 0 radical (unpaired) electrons. The number of thioether (sulfide) groups is 1. The predicted molar refractivity (Wildman–Crippen MR) is 79.1 cm³/mol. The van der Waals surface area contributed by atoms with E-state index in [4.69, 9.17) is 0 Å². The van der Waals surface area contributed by atoms with Crippen LogP contribution in [0.2, 0.25) is 0 Å². The summed E-state index contributed by atoms with van der Waals surface area (Å²) in [6.07, 6.45) is 3.10. The van der Waals surface area contributed by atoms with Crippen LogP contribution >= 0.6 is 34.4 Å². The average Bonchev–Trinajstić information content (AvgIpc) is 2.28. The Morgan fingerprint density at radius 1 is 1.56 bits per heavy atom. The molecule has 1 rings (SSSR count). The normalized spacial score (nSPS) is 12.2. The zero-order valence-corrected chi connectivity index (χ0v) is 12.5. The molecule has 0 heterocycles. The van der Waals surface area contributed by atoms with Crippen LogP contribution in [0.3, 0.4) is 0 Å². The second kappa shape index (κ2) is 7.17. The van der Waals surface area contributed by atoms with Gasteiger partial charge in [-0.3, -0.25) is 4.79 Å². The van der Waals surface area contributed by atoms with Gasteiger partial charge in [-0.1, -0.05) is 13.0 Å². The zero-order chi connectivity index (χ0) is 12.0. The van der Waals surface area contributed by atoms with Crippen molar-refractivity contribution >= 4 is 40.3 Å². The van der Waals surface area contributed by atoms with Gasteiger partial charge in [0.05, 0.1) is 0 Å². The number of nitrogens with one attached hydrogen (secondary N) is 1. The van der Waals surface area contributed by atoms with Crippen LogP contribution in [0.4, 0.5) is 0 Å². The van der Waals surface area contributed by atoms with Crippen LogP contribution in [-0.4, -0.2) is 24.0 Å². The molecule has 0 aliphatic carbocycles. The highest BCUT2D eigenvalue weighted by atomic mass is 127. The molecule has 16 heavy (non-hydrogen) atoms. The van der Waals surface area contributed by atoms with Crippen LogP contribution in [-0.2, 0) is 0 Å². The molecule has 1 unspecified atom stereocenters. The fraction of sp³-hybridized carbons (Fsp3) is 0.417. The Labute approximate surface area is 115 Å². The van der Waals surface area contributed by atoms with Crippen molar-refractivity contribution in [2.45, 2.75) is 18.6 Å². The summed E-state index contributed by atoms with van der Waals surface area (Å²) >= 11 is 4.03. The fourth-order valence-corrected chi connectivity index (χ4v) is 2.14. The first kappa shape index (κ1) is 13.8. The second-order valence-corrected chi connectivity index (χ2v) is 6.12. The van der Waals surface area contributed by atoms with Gasteiger partial charge in [-0.25, -0.2) is 0 Å². The fourth-order valence-electron chi connectivity index (χ4n) is 1.24. The summed E-state index contributed by atoms with van der Waals surface area (Å²) in [5.41, 5.74) is 0.740. The van der Waals surface area contributed by atoms with Gasteiger partial charge in [-0.2, -0.15) is 11.8 Å². The molecule has 88 valence electrons. The van der Waals surface area contributed by atoms with Gasteiger partial charge in [0.2, 0.25) is 0 Å². The number of carbonyl (C=O) groups excluding carboxylic acids is 1.